The molecular formula is C11H5N3O5S. The number of carboxylic acid groups (broad SMARTS) is 1. The minimum Gasteiger partial charge on any atom is -0.477 e. The van der Waals surface area contributed by atoms with Crippen molar-refractivity contribution >= 4 is 38.2 Å². The van der Waals surface area contributed by atoms with Crippen molar-refractivity contribution in [1.29, 1.82) is 0 Å². The molecular weight excluding hydrogens is 286 g/mol. The van der Waals surface area contributed by atoms with E-state index in [9.17, 15) is 19.7 Å². The fourth-order valence-electron chi connectivity index (χ4n) is 1.85. The molecule has 0 amide bonds. The van der Waals surface area contributed by atoms with Crippen LogP contribution in [-0.2, 0) is 0 Å². The van der Waals surface area contributed by atoms with Crippen LogP contribution in [0.15, 0.2) is 29.2 Å². The summed E-state index contributed by atoms with van der Waals surface area (Å²) in [5.74, 6) is -1.36. The normalized spacial score (nSPS) is 11.0. The number of fused-ring (bicyclic) bond motifs is 3. The molecule has 20 heavy (non-hydrogen) atoms. The molecule has 0 saturated heterocycles. The second kappa shape index (κ2) is 4.10. The summed E-state index contributed by atoms with van der Waals surface area (Å²) in [4.78, 5) is 37.4. The van der Waals surface area contributed by atoms with Gasteiger partial charge < -0.3 is 5.11 Å². The van der Waals surface area contributed by atoms with E-state index in [2.05, 4.69) is 4.98 Å². The number of hydrogen-bond donors (Lipinski definition) is 1. The molecule has 2 aromatic heterocycles. The van der Waals surface area contributed by atoms with E-state index in [-0.39, 0.29) is 10.6 Å². The number of hydrogen-bond acceptors (Lipinski definition) is 6. The van der Waals surface area contributed by atoms with Gasteiger partial charge in [-0.3, -0.25) is 19.3 Å². The highest BCUT2D eigenvalue weighted by Gasteiger charge is 2.17. The van der Waals surface area contributed by atoms with Gasteiger partial charge in [0.15, 0.2) is 4.96 Å². The second-order valence-corrected chi connectivity index (χ2v) is 4.92. The highest BCUT2D eigenvalue weighted by molar-refractivity contribution is 7.23. The number of aromatic nitrogens is 2. The van der Waals surface area contributed by atoms with Crippen LogP contribution in [0.1, 0.15) is 10.4 Å². The van der Waals surface area contributed by atoms with E-state index < -0.39 is 22.0 Å². The minimum atomic E-state index is -1.36. The van der Waals surface area contributed by atoms with Crippen molar-refractivity contribution in [3.8, 4) is 0 Å². The SMILES string of the molecule is O=C(O)c1cnc2sc3cc([N+](=O)[O-])ccc3n2c1=O. The first kappa shape index (κ1) is 12.2. The van der Waals surface area contributed by atoms with Crippen LogP contribution in [0.3, 0.4) is 0 Å². The first-order valence-electron chi connectivity index (χ1n) is 5.31. The highest BCUT2D eigenvalue weighted by atomic mass is 32.1. The van der Waals surface area contributed by atoms with Gasteiger partial charge in [0.2, 0.25) is 0 Å². The molecule has 0 saturated carbocycles. The molecule has 3 rings (SSSR count). The van der Waals surface area contributed by atoms with Crippen LogP contribution in [-0.4, -0.2) is 25.4 Å². The van der Waals surface area contributed by atoms with Gasteiger partial charge in [0.25, 0.3) is 11.2 Å². The van der Waals surface area contributed by atoms with Gasteiger partial charge in [-0.05, 0) is 6.07 Å². The van der Waals surface area contributed by atoms with E-state index in [1.54, 1.807) is 0 Å². The number of carbonyl (C=O) groups is 1. The number of nitro groups is 1. The first-order valence-corrected chi connectivity index (χ1v) is 6.12. The molecule has 0 fully saturated rings. The maximum Gasteiger partial charge on any atom is 0.342 e. The van der Waals surface area contributed by atoms with Gasteiger partial charge in [-0.2, -0.15) is 0 Å². The van der Waals surface area contributed by atoms with Crippen molar-refractivity contribution in [2.75, 3.05) is 0 Å². The number of thiazole rings is 1. The summed E-state index contributed by atoms with van der Waals surface area (Å²) in [5, 5.41) is 19.6. The molecule has 0 aliphatic carbocycles. The van der Waals surface area contributed by atoms with E-state index in [1.165, 1.54) is 18.2 Å². The predicted molar refractivity (Wildman–Crippen MR) is 70.5 cm³/mol. The Labute approximate surface area is 113 Å². The molecule has 2 heterocycles. The van der Waals surface area contributed by atoms with Gasteiger partial charge in [-0.25, -0.2) is 9.78 Å². The Bertz CT molecular complexity index is 942. The van der Waals surface area contributed by atoms with Gasteiger partial charge in [-0.15, -0.1) is 0 Å². The molecule has 9 heteroatoms. The largest absolute Gasteiger partial charge is 0.477 e. The van der Waals surface area contributed by atoms with Crippen LogP contribution >= 0.6 is 11.3 Å². The van der Waals surface area contributed by atoms with Crippen molar-refractivity contribution in [3.05, 3.63) is 50.4 Å². The van der Waals surface area contributed by atoms with E-state index in [0.717, 1.165) is 21.9 Å². The number of rotatable bonds is 2. The number of benzene rings is 1. The Kier molecular flexibility index (Phi) is 2.51. The van der Waals surface area contributed by atoms with Crippen LogP contribution in [0.4, 0.5) is 5.69 Å². The first-order chi connectivity index (χ1) is 9.49. The number of nitrogens with zero attached hydrogens (tertiary/aromatic N) is 3. The smallest absolute Gasteiger partial charge is 0.342 e. The molecule has 0 aliphatic rings. The standard InChI is InChI=1S/C11H5N3O5S/c15-9-6(10(16)17)4-12-11-13(9)7-2-1-5(14(18)19)3-8(7)20-11/h1-4H,(H,16,17). The van der Waals surface area contributed by atoms with Crippen LogP contribution in [0.5, 0.6) is 0 Å². The van der Waals surface area contributed by atoms with E-state index >= 15 is 0 Å². The molecule has 0 aliphatic heterocycles. The summed E-state index contributed by atoms with van der Waals surface area (Å²) in [6, 6.07) is 3.99. The lowest BCUT2D eigenvalue weighted by Gasteiger charge is -1.96. The monoisotopic (exact) mass is 291 g/mol. The summed E-state index contributed by atoms with van der Waals surface area (Å²) < 4.78 is 1.64. The summed E-state index contributed by atoms with van der Waals surface area (Å²) in [6.07, 6.45) is 0.990. The fourth-order valence-corrected chi connectivity index (χ4v) is 2.87. The van der Waals surface area contributed by atoms with Crippen molar-refractivity contribution in [2.45, 2.75) is 0 Å². The molecule has 3 aromatic rings. The van der Waals surface area contributed by atoms with Crippen molar-refractivity contribution in [1.82, 2.24) is 9.38 Å². The van der Waals surface area contributed by atoms with Gasteiger partial charge in [0.1, 0.15) is 5.56 Å². The fraction of sp³-hybridized carbons (Fsp3) is 0. The summed E-state index contributed by atoms with van der Waals surface area (Å²) >= 11 is 1.08. The molecule has 1 N–H and O–H groups in total. The number of carboxylic acids is 1. The zero-order chi connectivity index (χ0) is 14.4. The Balaban J connectivity index is 2.44. The van der Waals surface area contributed by atoms with Crippen LogP contribution in [0.25, 0.3) is 15.2 Å². The van der Waals surface area contributed by atoms with Crippen molar-refractivity contribution < 1.29 is 14.8 Å². The number of non-ortho nitro benzene ring substituents is 1. The van der Waals surface area contributed by atoms with Crippen LogP contribution < -0.4 is 5.56 Å². The van der Waals surface area contributed by atoms with Gasteiger partial charge >= 0.3 is 5.97 Å². The molecule has 0 atom stereocenters. The van der Waals surface area contributed by atoms with Gasteiger partial charge in [-0.1, -0.05) is 11.3 Å². The van der Waals surface area contributed by atoms with Crippen molar-refractivity contribution in [2.24, 2.45) is 0 Å². The second-order valence-electron chi connectivity index (χ2n) is 3.91. The van der Waals surface area contributed by atoms with Gasteiger partial charge in [0.05, 0.1) is 21.3 Å². The zero-order valence-electron chi connectivity index (χ0n) is 9.64. The lowest BCUT2D eigenvalue weighted by molar-refractivity contribution is -0.384. The predicted octanol–water partition coefficient (Wildman–Crippen LogP) is 1.52. The Morgan fingerprint density at radius 1 is 1.45 bits per heavy atom. The highest BCUT2D eigenvalue weighted by Crippen LogP contribution is 2.27. The number of aromatic carboxylic acids is 1. The third-order valence-electron chi connectivity index (χ3n) is 2.76. The summed E-state index contributed by atoms with van der Waals surface area (Å²) in [7, 11) is 0. The van der Waals surface area contributed by atoms with Gasteiger partial charge in [0, 0.05) is 12.1 Å². The molecule has 0 radical (unpaired) electrons. The lowest BCUT2D eigenvalue weighted by Crippen LogP contribution is -2.21. The molecule has 0 bridgehead atoms. The minimum absolute atomic E-state index is 0.101. The molecule has 1 aromatic carbocycles. The molecule has 0 unspecified atom stereocenters. The number of nitro benzene ring substituents is 1. The average Bonchev–Trinajstić information content (AvgIpc) is 2.76. The maximum atomic E-state index is 12.1. The summed E-state index contributed by atoms with van der Waals surface area (Å²) in [6.45, 7) is 0. The Morgan fingerprint density at radius 3 is 2.85 bits per heavy atom. The quantitative estimate of drug-likeness (QED) is 0.565. The zero-order valence-corrected chi connectivity index (χ0v) is 10.5. The van der Waals surface area contributed by atoms with E-state index in [1.807, 2.05) is 0 Å². The third-order valence-corrected chi connectivity index (χ3v) is 3.77. The topological polar surface area (TPSA) is 115 Å². The molecule has 0 spiro atoms. The Hall–Kier alpha value is -2.81. The summed E-state index contributed by atoms with van der Waals surface area (Å²) in [5.41, 5.74) is -0.852. The third kappa shape index (κ3) is 1.64. The van der Waals surface area contributed by atoms with Crippen LogP contribution in [0, 0.1) is 10.1 Å². The molecule has 100 valence electrons. The van der Waals surface area contributed by atoms with E-state index in [4.69, 9.17) is 5.11 Å². The molecule has 8 nitrogen and oxygen atoms in total. The Morgan fingerprint density at radius 2 is 2.20 bits per heavy atom. The van der Waals surface area contributed by atoms with Crippen molar-refractivity contribution in [3.63, 3.8) is 0 Å². The maximum absolute atomic E-state index is 12.1. The van der Waals surface area contributed by atoms with E-state index in [0.29, 0.717) is 10.2 Å². The average molecular weight is 291 g/mol. The lowest BCUT2D eigenvalue weighted by atomic mass is 10.3. The van der Waals surface area contributed by atoms with Crippen LogP contribution in [0.2, 0.25) is 0 Å².